The third kappa shape index (κ3) is 5.93. The Bertz CT molecular complexity index is 3460. The Morgan fingerprint density at radius 2 is 0.836 bits per heavy atom. The van der Waals surface area contributed by atoms with E-state index in [2.05, 4.69) is 240 Å². The van der Waals surface area contributed by atoms with Crippen molar-refractivity contribution in [1.29, 1.82) is 0 Å². The molecule has 0 aliphatic rings. The fourth-order valence-electron chi connectivity index (χ4n) is 9.34. The van der Waals surface area contributed by atoms with Crippen molar-refractivity contribution < 1.29 is 0 Å². The number of pyridine rings is 1. The molecule has 0 saturated heterocycles. The molecule has 0 aliphatic carbocycles. The molecule has 0 unspecified atom stereocenters. The molecule has 9 aromatic carbocycles. The van der Waals surface area contributed by atoms with Crippen LogP contribution in [0.5, 0.6) is 0 Å². The van der Waals surface area contributed by atoms with Gasteiger partial charge in [-0.3, -0.25) is 0 Å². The average Bonchev–Trinajstić information content (AvgIpc) is 3.89. The standard InChI is InChI=1S/C58H38N2S/c1-3-13-39(14-4-1)41-25-32-45(33-26-41)59(46-34-27-42(28-35-46)40-15-5-2-6-16-40)47-36-29-43(30-37-47)48-20-11-17-44-31-38-54-56(51-19-7-9-23-53(51)60(54)57(44)48)52-22-12-21-50-49-18-8-10-24-55(49)61-58(50)52/h1-38H. The quantitative estimate of drug-likeness (QED) is 0.156. The van der Waals surface area contributed by atoms with Crippen LogP contribution in [0, 0.1) is 0 Å². The van der Waals surface area contributed by atoms with Crippen molar-refractivity contribution in [2.45, 2.75) is 0 Å². The number of anilines is 3. The number of aromatic nitrogens is 1. The van der Waals surface area contributed by atoms with Gasteiger partial charge in [-0.15, -0.1) is 11.3 Å². The molecule has 0 amide bonds. The van der Waals surface area contributed by atoms with Gasteiger partial charge in [-0.25, -0.2) is 0 Å². The number of hydrogen-bond donors (Lipinski definition) is 0. The van der Waals surface area contributed by atoms with Crippen molar-refractivity contribution in [3.8, 4) is 44.5 Å². The van der Waals surface area contributed by atoms with Gasteiger partial charge in [0.2, 0.25) is 0 Å². The maximum absolute atomic E-state index is 2.50. The molecule has 0 aliphatic heterocycles. The molecule has 3 heteroatoms. The summed E-state index contributed by atoms with van der Waals surface area (Å²) >= 11 is 1.89. The monoisotopic (exact) mass is 794 g/mol. The fourth-order valence-corrected chi connectivity index (χ4v) is 10.6. The minimum Gasteiger partial charge on any atom is -0.311 e. The summed E-state index contributed by atoms with van der Waals surface area (Å²) in [6.07, 6.45) is 0. The fraction of sp³-hybridized carbons (Fsp3) is 0. The Hall–Kier alpha value is -7.72. The molecule has 0 fully saturated rings. The lowest BCUT2D eigenvalue weighted by atomic mass is 9.99. The summed E-state index contributed by atoms with van der Waals surface area (Å²) in [6, 6.07) is 84.0. The second kappa shape index (κ2) is 14.5. The number of thiophene rings is 1. The van der Waals surface area contributed by atoms with Crippen molar-refractivity contribution in [2.24, 2.45) is 0 Å². The zero-order valence-electron chi connectivity index (χ0n) is 33.2. The number of rotatable bonds is 7. The highest BCUT2D eigenvalue weighted by atomic mass is 32.1. The maximum atomic E-state index is 2.50. The first-order valence-corrected chi connectivity index (χ1v) is 21.7. The van der Waals surface area contributed by atoms with Gasteiger partial charge in [0.25, 0.3) is 0 Å². The Balaban J connectivity index is 1.00. The summed E-state index contributed by atoms with van der Waals surface area (Å²) < 4.78 is 5.16. The average molecular weight is 795 g/mol. The Morgan fingerprint density at radius 1 is 0.328 bits per heavy atom. The van der Waals surface area contributed by atoms with Gasteiger partial charge in [0.1, 0.15) is 0 Å². The second-order valence-electron chi connectivity index (χ2n) is 15.7. The minimum atomic E-state index is 1.10. The van der Waals surface area contributed by atoms with E-state index in [1.165, 1.54) is 92.0 Å². The van der Waals surface area contributed by atoms with E-state index in [1.54, 1.807) is 0 Å². The lowest BCUT2D eigenvalue weighted by Crippen LogP contribution is -2.09. The van der Waals surface area contributed by atoms with E-state index >= 15 is 0 Å². The lowest BCUT2D eigenvalue weighted by Gasteiger charge is -2.26. The van der Waals surface area contributed by atoms with Gasteiger partial charge in [-0.05, 0) is 87.8 Å². The summed E-state index contributed by atoms with van der Waals surface area (Å²) in [4.78, 5) is 2.36. The Kier molecular flexibility index (Phi) is 8.39. The highest BCUT2D eigenvalue weighted by Gasteiger charge is 2.21. The maximum Gasteiger partial charge on any atom is 0.0612 e. The molecule has 3 aromatic heterocycles. The van der Waals surface area contributed by atoms with E-state index in [-0.39, 0.29) is 0 Å². The van der Waals surface area contributed by atoms with Gasteiger partial charge in [0.05, 0.1) is 16.6 Å². The zero-order chi connectivity index (χ0) is 40.3. The van der Waals surface area contributed by atoms with E-state index in [0.717, 1.165) is 17.1 Å². The molecule has 0 N–H and O–H groups in total. The summed E-state index contributed by atoms with van der Waals surface area (Å²) in [5, 5.41) is 5.11. The van der Waals surface area contributed by atoms with Crippen LogP contribution in [-0.2, 0) is 0 Å². The molecule has 3 heterocycles. The molecule has 12 rings (SSSR count). The van der Waals surface area contributed by atoms with E-state index in [0.29, 0.717) is 0 Å². The first-order chi connectivity index (χ1) is 30.3. The van der Waals surface area contributed by atoms with Gasteiger partial charge in [0.15, 0.2) is 0 Å². The summed E-state index contributed by atoms with van der Waals surface area (Å²) in [5.41, 5.74) is 16.7. The molecular formula is C58H38N2S. The second-order valence-corrected chi connectivity index (χ2v) is 16.7. The van der Waals surface area contributed by atoms with Gasteiger partial charge < -0.3 is 9.30 Å². The molecule has 286 valence electrons. The van der Waals surface area contributed by atoms with E-state index in [4.69, 9.17) is 0 Å². The van der Waals surface area contributed by atoms with E-state index in [1.807, 2.05) is 11.3 Å². The van der Waals surface area contributed by atoms with Crippen molar-refractivity contribution in [1.82, 2.24) is 4.40 Å². The van der Waals surface area contributed by atoms with Gasteiger partial charge in [-0.2, -0.15) is 0 Å². The van der Waals surface area contributed by atoms with Gasteiger partial charge in [-0.1, -0.05) is 176 Å². The molecule has 0 atom stereocenters. The lowest BCUT2D eigenvalue weighted by molar-refractivity contribution is 1.28. The number of nitrogens with zero attached hydrogens (tertiary/aromatic N) is 2. The highest BCUT2D eigenvalue weighted by molar-refractivity contribution is 7.26. The predicted octanol–water partition coefficient (Wildman–Crippen LogP) is 16.8. The third-order valence-corrected chi connectivity index (χ3v) is 13.4. The molecule has 0 radical (unpaired) electrons. The molecule has 0 bridgehead atoms. The van der Waals surface area contributed by atoms with Crippen molar-refractivity contribution in [2.75, 3.05) is 4.90 Å². The van der Waals surface area contributed by atoms with Crippen LogP contribution < -0.4 is 4.90 Å². The highest BCUT2D eigenvalue weighted by Crippen LogP contribution is 2.46. The van der Waals surface area contributed by atoms with E-state index < -0.39 is 0 Å². The SMILES string of the molecule is c1ccc(-c2ccc(N(c3ccc(-c4ccccc4)cc3)c3ccc(-c4cccc5ccc6c(-c7cccc8c7sc7ccccc78)c7ccccc7n6c45)cc3)cc2)cc1. The van der Waals surface area contributed by atoms with E-state index in [9.17, 15) is 0 Å². The number of para-hydroxylation sites is 2. The molecular weight excluding hydrogens is 757 g/mol. The van der Waals surface area contributed by atoms with Crippen LogP contribution in [0.1, 0.15) is 0 Å². The Labute approximate surface area is 358 Å². The first-order valence-electron chi connectivity index (χ1n) is 20.8. The largest absolute Gasteiger partial charge is 0.311 e. The first kappa shape index (κ1) is 35.2. The molecule has 0 saturated carbocycles. The van der Waals surface area contributed by atoms with Crippen molar-refractivity contribution in [3.63, 3.8) is 0 Å². The zero-order valence-corrected chi connectivity index (χ0v) is 34.1. The summed E-state index contributed by atoms with van der Waals surface area (Å²) in [7, 11) is 0. The number of benzene rings is 9. The van der Waals surface area contributed by atoms with Crippen LogP contribution in [0.3, 0.4) is 0 Å². The summed E-state index contributed by atoms with van der Waals surface area (Å²) in [6.45, 7) is 0. The van der Waals surface area contributed by atoms with Crippen LogP contribution in [0.2, 0.25) is 0 Å². The van der Waals surface area contributed by atoms with Crippen LogP contribution in [0.4, 0.5) is 17.1 Å². The predicted molar refractivity (Wildman–Crippen MR) is 262 cm³/mol. The van der Waals surface area contributed by atoms with Gasteiger partial charge in [0, 0.05) is 59.3 Å². The van der Waals surface area contributed by atoms with Crippen molar-refractivity contribution in [3.05, 3.63) is 231 Å². The minimum absolute atomic E-state index is 1.10. The molecule has 2 nitrogen and oxygen atoms in total. The smallest absolute Gasteiger partial charge is 0.0612 e. The van der Waals surface area contributed by atoms with Crippen LogP contribution in [0.25, 0.3) is 92.0 Å². The Morgan fingerprint density at radius 3 is 1.49 bits per heavy atom. The van der Waals surface area contributed by atoms with Crippen LogP contribution in [-0.4, -0.2) is 4.40 Å². The molecule has 12 aromatic rings. The van der Waals surface area contributed by atoms with Crippen LogP contribution in [0.15, 0.2) is 231 Å². The molecule has 0 spiro atoms. The van der Waals surface area contributed by atoms with Crippen LogP contribution >= 0.6 is 11.3 Å². The van der Waals surface area contributed by atoms with Crippen molar-refractivity contribution >= 4 is 75.9 Å². The molecule has 61 heavy (non-hydrogen) atoms. The summed E-state index contributed by atoms with van der Waals surface area (Å²) in [5.74, 6) is 0. The normalized spacial score (nSPS) is 11.6. The number of fused-ring (bicyclic) bond motifs is 8. The topological polar surface area (TPSA) is 7.65 Å². The number of hydrogen-bond acceptors (Lipinski definition) is 2. The third-order valence-electron chi connectivity index (χ3n) is 12.2. The van der Waals surface area contributed by atoms with Gasteiger partial charge >= 0.3 is 0 Å².